The molecule has 212 valence electrons. The Morgan fingerprint density at radius 3 is 2.72 bits per heavy atom. The molecule has 7 nitrogen and oxygen atoms in total. The SMILES string of the molecule is COCCN(C)CC[C@@H]1[C@H](C(=O)N2CCc3cc(Cl)ccc3C2)CCCN1C(=O)c1ncccc1C(F)(F)F. The number of fused-ring (bicyclic) bond motifs is 1. The molecule has 0 saturated carbocycles. The van der Waals surface area contributed by atoms with Crippen LogP contribution in [0.2, 0.25) is 5.02 Å². The molecule has 11 heteroatoms. The molecule has 1 aromatic heterocycles. The molecule has 0 unspecified atom stereocenters. The fourth-order valence-corrected chi connectivity index (χ4v) is 5.75. The van der Waals surface area contributed by atoms with Gasteiger partial charge in [-0.2, -0.15) is 13.2 Å². The molecule has 2 amide bonds. The number of carbonyl (C=O) groups excluding carboxylic acids is 2. The maximum Gasteiger partial charge on any atom is 0.418 e. The van der Waals surface area contributed by atoms with Gasteiger partial charge >= 0.3 is 6.18 Å². The van der Waals surface area contributed by atoms with Gasteiger partial charge in [-0.15, -0.1) is 0 Å². The van der Waals surface area contributed by atoms with E-state index in [9.17, 15) is 22.8 Å². The minimum Gasteiger partial charge on any atom is -0.383 e. The minimum atomic E-state index is -4.72. The highest BCUT2D eigenvalue weighted by Crippen LogP contribution is 2.35. The predicted molar refractivity (Wildman–Crippen MR) is 141 cm³/mol. The van der Waals surface area contributed by atoms with Crippen molar-refractivity contribution in [2.75, 3.05) is 46.9 Å². The molecule has 3 heterocycles. The van der Waals surface area contributed by atoms with E-state index < -0.39 is 35.3 Å². The molecule has 0 bridgehead atoms. The van der Waals surface area contributed by atoms with Crippen molar-refractivity contribution < 1.29 is 27.5 Å². The van der Waals surface area contributed by atoms with Gasteiger partial charge < -0.3 is 19.4 Å². The van der Waals surface area contributed by atoms with Gasteiger partial charge in [-0.25, -0.2) is 0 Å². The topological polar surface area (TPSA) is 66.0 Å². The number of likely N-dealkylation sites (tertiary alicyclic amines) is 1. The lowest BCUT2D eigenvalue weighted by Crippen LogP contribution is -2.55. The first-order valence-corrected chi connectivity index (χ1v) is 13.5. The zero-order valence-corrected chi connectivity index (χ0v) is 23.0. The van der Waals surface area contributed by atoms with E-state index in [0.29, 0.717) is 63.5 Å². The number of hydrogen-bond donors (Lipinski definition) is 0. The van der Waals surface area contributed by atoms with Crippen molar-refractivity contribution in [2.24, 2.45) is 5.92 Å². The van der Waals surface area contributed by atoms with Gasteiger partial charge in [-0.05, 0) is 74.7 Å². The second-order valence-corrected chi connectivity index (χ2v) is 10.7. The first-order chi connectivity index (χ1) is 18.6. The molecule has 1 aromatic carbocycles. The third kappa shape index (κ3) is 6.91. The number of benzene rings is 1. The maximum atomic E-state index is 13.9. The Morgan fingerprint density at radius 2 is 1.97 bits per heavy atom. The standard InChI is InChI=1S/C28H34ClF3N4O3/c1-34(15-16-39-2)13-10-24-22(26(37)35-14-9-19-17-21(29)8-7-20(19)18-35)5-4-12-36(24)27(38)25-23(28(30,31)32)6-3-11-33-25/h3,6-8,11,17,22,24H,4-5,9-10,12-16,18H2,1-2H3/t22-,24-/m1/s1. The van der Waals surface area contributed by atoms with Gasteiger partial charge in [0.05, 0.1) is 18.1 Å². The van der Waals surface area contributed by atoms with E-state index in [2.05, 4.69) is 4.98 Å². The predicted octanol–water partition coefficient (Wildman–Crippen LogP) is 4.53. The van der Waals surface area contributed by atoms with Crippen molar-refractivity contribution in [1.29, 1.82) is 0 Å². The number of methoxy groups -OCH3 is 1. The number of ether oxygens (including phenoxy) is 1. The van der Waals surface area contributed by atoms with Crippen molar-refractivity contribution in [3.05, 3.63) is 63.9 Å². The zero-order valence-electron chi connectivity index (χ0n) is 22.2. The van der Waals surface area contributed by atoms with Crippen molar-refractivity contribution >= 4 is 23.4 Å². The highest BCUT2D eigenvalue weighted by atomic mass is 35.5. The summed E-state index contributed by atoms with van der Waals surface area (Å²) in [6.45, 7) is 2.96. The van der Waals surface area contributed by atoms with E-state index in [-0.39, 0.29) is 12.5 Å². The number of piperidine rings is 1. The van der Waals surface area contributed by atoms with Crippen LogP contribution in [0.25, 0.3) is 0 Å². The number of rotatable bonds is 8. The normalized spacial score (nSPS) is 19.8. The van der Waals surface area contributed by atoms with E-state index in [1.807, 2.05) is 24.1 Å². The molecule has 0 radical (unpaired) electrons. The Balaban J connectivity index is 1.60. The van der Waals surface area contributed by atoms with E-state index >= 15 is 0 Å². The van der Waals surface area contributed by atoms with Gasteiger partial charge in [0, 0.05) is 50.6 Å². The number of carbonyl (C=O) groups is 2. The molecule has 2 atom stereocenters. The van der Waals surface area contributed by atoms with Crippen molar-refractivity contribution in [3.63, 3.8) is 0 Å². The van der Waals surface area contributed by atoms with Crippen molar-refractivity contribution in [3.8, 4) is 0 Å². The molecule has 2 aromatic rings. The number of hydrogen-bond acceptors (Lipinski definition) is 5. The summed E-state index contributed by atoms with van der Waals surface area (Å²) in [7, 11) is 3.53. The lowest BCUT2D eigenvalue weighted by Gasteiger charge is -2.43. The van der Waals surface area contributed by atoms with E-state index in [1.165, 1.54) is 17.2 Å². The smallest absolute Gasteiger partial charge is 0.383 e. The largest absolute Gasteiger partial charge is 0.418 e. The maximum absolute atomic E-state index is 13.9. The van der Waals surface area contributed by atoms with Gasteiger partial charge in [0.2, 0.25) is 5.91 Å². The highest BCUT2D eigenvalue weighted by Gasteiger charge is 2.43. The number of amides is 2. The molecular weight excluding hydrogens is 533 g/mol. The summed E-state index contributed by atoms with van der Waals surface area (Å²) in [6, 6.07) is 7.14. The van der Waals surface area contributed by atoms with Crippen LogP contribution >= 0.6 is 11.6 Å². The van der Waals surface area contributed by atoms with Crippen LogP contribution in [0.1, 0.15) is 46.4 Å². The second kappa shape index (κ2) is 12.7. The molecule has 1 saturated heterocycles. The monoisotopic (exact) mass is 566 g/mol. The Kier molecular flexibility index (Phi) is 9.51. The average molecular weight is 567 g/mol. The fourth-order valence-electron chi connectivity index (χ4n) is 5.55. The van der Waals surface area contributed by atoms with E-state index in [0.717, 1.165) is 17.2 Å². The zero-order chi connectivity index (χ0) is 28.2. The Hall–Kier alpha value is -2.69. The summed E-state index contributed by atoms with van der Waals surface area (Å²) < 4.78 is 46.4. The third-order valence-corrected chi connectivity index (χ3v) is 7.88. The van der Waals surface area contributed by atoms with Crippen LogP contribution in [0.15, 0.2) is 36.5 Å². The van der Waals surface area contributed by atoms with Gasteiger partial charge in [0.15, 0.2) is 0 Å². The van der Waals surface area contributed by atoms with E-state index in [4.69, 9.17) is 16.3 Å². The molecule has 39 heavy (non-hydrogen) atoms. The number of likely N-dealkylation sites (N-methyl/N-ethyl adjacent to an activating group) is 1. The number of pyridine rings is 1. The van der Waals surface area contributed by atoms with Crippen LogP contribution in [0, 0.1) is 5.92 Å². The van der Waals surface area contributed by atoms with Crippen LogP contribution in [0.3, 0.4) is 0 Å². The summed E-state index contributed by atoms with van der Waals surface area (Å²) in [5.74, 6) is -1.39. The number of halogens is 4. The summed E-state index contributed by atoms with van der Waals surface area (Å²) in [4.78, 5) is 36.7. The van der Waals surface area contributed by atoms with Crippen LogP contribution < -0.4 is 0 Å². The summed E-state index contributed by atoms with van der Waals surface area (Å²) in [5.41, 5.74) is 0.449. The van der Waals surface area contributed by atoms with Crippen molar-refractivity contribution in [2.45, 2.75) is 44.4 Å². The number of nitrogens with zero attached hydrogens (tertiary/aromatic N) is 4. The van der Waals surface area contributed by atoms with Crippen LogP contribution in [-0.2, 0) is 28.7 Å². The quantitative estimate of drug-likeness (QED) is 0.470. The molecule has 4 rings (SSSR count). The molecule has 0 aliphatic carbocycles. The molecule has 2 aliphatic heterocycles. The first kappa shape index (κ1) is 29.3. The lowest BCUT2D eigenvalue weighted by atomic mass is 9.84. The first-order valence-electron chi connectivity index (χ1n) is 13.2. The lowest BCUT2D eigenvalue weighted by molar-refractivity contribution is -0.141. The summed E-state index contributed by atoms with van der Waals surface area (Å²) in [6.07, 6.45) is -1.33. The highest BCUT2D eigenvalue weighted by molar-refractivity contribution is 6.30. The van der Waals surface area contributed by atoms with Crippen LogP contribution in [0.4, 0.5) is 13.2 Å². The van der Waals surface area contributed by atoms with Crippen LogP contribution in [0.5, 0.6) is 0 Å². The number of alkyl halides is 3. The summed E-state index contributed by atoms with van der Waals surface area (Å²) >= 11 is 6.14. The van der Waals surface area contributed by atoms with Crippen LogP contribution in [-0.4, -0.2) is 84.5 Å². The minimum absolute atomic E-state index is 0.0743. The van der Waals surface area contributed by atoms with Gasteiger partial charge in [-0.1, -0.05) is 17.7 Å². The fraction of sp³-hybridized carbons (Fsp3) is 0.536. The van der Waals surface area contributed by atoms with Gasteiger partial charge in [-0.3, -0.25) is 14.6 Å². The molecular formula is C28H34ClF3N4O3. The Morgan fingerprint density at radius 1 is 1.18 bits per heavy atom. The van der Waals surface area contributed by atoms with E-state index in [1.54, 1.807) is 18.1 Å². The molecule has 0 N–H and O–H groups in total. The second-order valence-electron chi connectivity index (χ2n) is 10.2. The third-order valence-electron chi connectivity index (χ3n) is 7.65. The average Bonchev–Trinajstić information content (AvgIpc) is 2.93. The Bertz CT molecular complexity index is 1180. The van der Waals surface area contributed by atoms with Gasteiger partial charge in [0.1, 0.15) is 5.69 Å². The molecule has 0 spiro atoms. The Labute approximate surface area is 231 Å². The van der Waals surface area contributed by atoms with Crippen molar-refractivity contribution in [1.82, 2.24) is 19.7 Å². The molecule has 2 aliphatic rings. The number of aromatic nitrogens is 1. The molecule has 1 fully saturated rings. The summed E-state index contributed by atoms with van der Waals surface area (Å²) in [5, 5.41) is 0.653. The van der Waals surface area contributed by atoms with Gasteiger partial charge in [0.25, 0.3) is 5.91 Å².